The molecule has 1 saturated heterocycles. The van der Waals surface area contributed by atoms with Crippen LogP contribution in [0.25, 0.3) is 0 Å². The molecule has 1 aromatic rings. The lowest BCUT2D eigenvalue weighted by molar-refractivity contribution is -0.187. The maximum Gasteiger partial charge on any atom is 0.394 e. The second-order valence-electron chi connectivity index (χ2n) is 5.59. The van der Waals surface area contributed by atoms with E-state index in [4.69, 9.17) is 5.11 Å². The number of nitrogens with one attached hydrogen (secondary N) is 1. The number of carbonyl (C=O) groups is 2. The Morgan fingerprint density at radius 1 is 1.44 bits per heavy atom. The van der Waals surface area contributed by atoms with Crippen molar-refractivity contribution in [3.05, 3.63) is 23.9 Å². The Kier molecular flexibility index (Phi) is 6.15. The van der Waals surface area contributed by atoms with Crippen LogP contribution < -0.4 is 5.32 Å². The molecule has 2 N–H and O–H groups in total. The van der Waals surface area contributed by atoms with Gasteiger partial charge >= 0.3 is 18.2 Å². The largest absolute Gasteiger partial charge is 0.481 e. The van der Waals surface area contributed by atoms with Gasteiger partial charge in [0.2, 0.25) is 0 Å². The molecule has 25 heavy (non-hydrogen) atoms. The molecule has 0 aromatic carbocycles. The van der Waals surface area contributed by atoms with Gasteiger partial charge in [0.05, 0.1) is 16.9 Å². The average Bonchev–Trinajstić information content (AvgIpc) is 2.99. The Morgan fingerprint density at radius 3 is 2.72 bits per heavy atom. The number of nitrogens with zero attached hydrogens (tertiary/aromatic N) is 2. The van der Waals surface area contributed by atoms with Gasteiger partial charge in [-0.15, -0.1) is 11.8 Å². The average molecular weight is 377 g/mol. The molecule has 6 nitrogen and oxygen atoms in total. The number of urea groups is 1. The number of aromatic nitrogens is 1. The Balaban J connectivity index is 1.97. The van der Waals surface area contributed by atoms with Crippen LogP contribution in [0.15, 0.2) is 23.4 Å². The molecule has 10 heteroatoms. The number of carbonyl (C=O) groups excluding carboxylic acids is 1. The van der Waals surface area contributed by atoms with Crippen molar-refractivity contribution >= 4 is 23.8 Å². The Bertz CT molecular complexity index is 642. The van der Waals surface area contributed by atoms with E-state index in [-0.39, 0.29) is 6.54 Å². The summed E-state index contributed by atoms with van der Waals surface area (Å²) in [7, 11) is 0. The first-order chi connectivity index (χ1) is 11.7. The number of halogens is 3. The van der Waals surface area contributed by atoms with Gasteiger partial charge in [-0.25, -0.2) is 9.78 Å². The van der Waals surface area contributed by atoms with E-state index in [1.54, 1.807) is 18.3 Å². The molecule has 0 unspecified atom stereocenters. The number of likely N-dealkylation sites (tertiary alicyclic amines) is 1. The highest BCUT2D eigenvalue weighted by Gasteiger charge is 2.53. The van der Waals surface area contributed by atoms with Crippen LogP contribution in [0.4, 0.5) is 18.0 Å². The summed E-state index contributed by atoms with van der Waals surface area (Å²) < 4.78 is 38.8. The molecule has 1 aliphatic heterocycles. The van der Waals surface area contributed by atoms with E-state index in [1.807, 2.05) is 6.92 Å². The second kappa shape index (κ2) is 7.94. The summed E-state index contributed by atoms with van der Waals surface area (Å²) in [5, 5.41) is 12.3. The van der Waals surface area contributed by atoms with E-state index in [0.29, 0.717) is 0 Å². The second-order valence-corrected chi connectivity index (χ2v) is 6.88. The molecular formula is C15H18F3N3O3S. The maximum atomic E-state index is 12.9. The molecule has 2 amide bonds. The fourth-order valence-corrected chi connectivity index (χ4v) is 3.29. The van der Waals surface area contributed by atoms with Gasteiger partial charge in [0.25, 0.3) is 0 Å². The minimum absolute atomic E-state index is 0.129. The molecule has 0 aliphatic carbocycles. The van der Waals surface area contributed by atoms with Crippen molar-refractivity contribution in [3.63, 3.8) is 0 Å². The van der Waals surface area contributed by atoms with Crippen molar-refractivity contribution in [2.24, 2.45) is 11.8 Å². The molecule has 2 rings (SSSR count). The van der Waals surface area contributed by atoms with E-state index < -0.39 is 43.1 Å². The van der Waals surface area contributed by atoms with Crippen molar-refractivity contribution in [1.29, 1.82) is 0 Å². The molecule has 0 radical (unpaired) electrons. The molecule has 138 valence electrons. The van der Waals surface area contributed by atoms with Crippen LogP contribution in [0, 0.1) is 11.8 Å². The van der Waals surface area contributed by atoms with Crippen LogP contribution >= 0.6 is 11.8 Å². The van der Waals surface area contributed by atoms with E-state index >= 15 is 0 Å². The molecule has 0 bridgehead atoms. The van der Waals surface area contributed by atoms with E-state index in [2.05, 4.69) is 10.3 Å². The summed E-state index contributed by atoms with van der Waals surface area (Å²) in [6.45, 7) is 0.992. The highest BCUT2D eigenvalue weighted by Crippen LogP contribution is 2.37. The number of carboxylic acids is 1. The first-order valence-electron chi connectivity index (χ1n) is 7.62. The molecule has 0 spiro atoms. The zero-order valence-corrected chi connectivity index (χ0v) is 14.2. The third kappa shape index (κ3) is 5.00. The fraction of sp³-hybridized carbons (Fsp3) is 0.533. The van der Waals surface area contributed by atoms with Crippen LogP contribution in [-0.4, -0.2) is 52.0 Å². The van der Waals surface area contributed by atoms with Crippen LogP contribution in [0.1, 0.15) is 12.5 Å². The smallest absolute Gasteiger partial charge is 0.394 e. The lowest BCUT2D eigenvalue weighted by Crippen LogP contribution is -2.39. The van der Waals surface area contributed by atoms with Crippen LogP contribution in [0.2, 0.25) is 0 Å². The number of hydrogen-bond acceptors (Lipinski definition) is 4. The minimum Gasteiger partial charge on any atom is -0.481 e. The normalized spacial score (nSPS) is 20.6. The predicted octanol–water partition coefficient (Wildman–Crippen LogP) is 2.60. The van der Waals surface area contributed by atoms with Crippen molar-refractivity contribution in [2.45, 2.75) is 24.7 Å². The van der Waals surface area contributed by atoms with Gasteiger partial charge in [-0.1, -0.05) is 6.92 Å². The number of carboxylic acid groups (broad SMARTS) is 1. The van der Waals surface area contributed by atoms with Crippen LogP contribution in [0.3, 0.4) is 0 Å². The monoisotopic (exact) mass is 377 g/mol. The quantitative estimate of drug-likeness (QED) is 0.771. The number of aliphatic carboxylic acids is 1. The number of amides is 2. The van der Waals surface area contributed by atoms with E-state index in [9.17, 15) is 22.8 Å². The number of thioether (sulfide) groups is 1. The van der Waals surface area contributed by atoms with Gasteiger partial charge in [-0.05, 0) is 23.4 Å². The SMILES string of the molecule is CCSc1cc(CNC(=O)N2C[C@@H](C(F)(F)F)[C@H](C(=O)O)C2)ccn1. The Morgan fingerprint density at radius 2 is 2.16 bits per heavy atom. The molecule has 1 aliphatic rings. The van der Waals surface area contributed by atoms with Gasteiger partial charge in [0.15, 0.2) is 0 Å². The highest BCUT2D eigenvalue weighted by atomic mass is 32.2. The van der Waals surface area contributed by atoms with Crippen molar-refractivity contribution < 1.29 is 27.9 Å². The fourth-order valence-electron chi connectivity index (χ4n) is 2.63. The summed E-state index contributed by atoms with van der Waals surface area (Å²) in [5.41, 5.74) is 0.764. The number of pyridine rings is 1. The molecular weight excluding hydrogens is 359 g/mol. The van der Waals surface area contributed by atoms with E-state index in [0.717, 1.165) is 21.2 Å². The Labute approximate surface area is 146 Å². The predicted molar refractivity (Wildman–Crippen MR) is 85.1 cm³/mol. The molecule has 1 aromatic heterocycles. The maximum absolute atomic E-state index is 12.9. The van der Waals surface area contributed by atoms with Crippen LogP contribution in [-0.2, 0) is 11.3 Å². The van der Waals surface area contributed by atoms with Gasteiger partial charge in [0, 0.05) is 25.8 Å². The molecule has 2 heterocycles. The standard InChI is InChI=1S/C15H18F3N3O3S/c1-2-25-12-5-9(3-4-19-12)6-20-14(24)21-7-10(13(22)23)11(8-21)15(16,17)18/h3-5,10-11H,2,6-8H2,1H3,(H,20,24)(H,22,23)/t10-,11-/m1/s1. The number of hydrogen-bond donors (Lipinski definition) is 2. The first-order valence-corrected chi connectivity index (χ1v) is 8.61. The minimum atomic E-state index is -4.66. The molecule has 1 fully saturated rings. The summed E-state index contributed by atoms with van der Waals surface area (Å²) in [4.78, 5) is 28.2. The van der Waals surface area contributed by atoms with Crippen molar-refractivity contribution in [2.75, 3.05) is 18.8 Å². The summed E-state index contributed by atoms with van der Waals surface area (Å²) in [6.07, 6.45) is -3.06. The highest BCUT2D eigenvalue weighted by molar-refractivity contribution is 7.99. The number of rotatable bonds is 5. The van der Waals surface area contributed by atoms with Crippen LogP contribution in [0.5, 0.6) is 0 Å². The van der Waals surface area contributed by atoms with Gasteiger partial charge in [0.1, 0.15) is 0 Å². The summed E-state index contributed by atoms with van der Waals surface area (Å²) >= 11 is 1.53. The third-order valence-corrected chi connectivity index (χ3v) is 4.69. The van der Waals surface area contributed by atoms with Crippen molar-refractivity contribution in [1.82, 2.24) is 15.2 Å². The van der Waals surface area contributed by atoms with Gasteiger partial charge < -0.3 is 15.3 Å². The van der Waals surface area contributed by atoms with Gasteiger partial charge in [-0.2, -0.15) is 13.2 Å². The third-order valence-electron chi connectivity index (χ3n) is 3.88. The lowest BCUT2D eigenvalue weighted by Gasteiger charge is -2.18. The lowest BCUT2D eigenvalue weighted by atomic mass is 9.96. The Hall–Kier alpha value is -1.97. The first kappa shape index (κ1) is 19.4. The van der Waals surface area contributed by atoms with Gasteiger partial charge in [-0.3, -0.25) is 4.79 Å². The zero-order valence-electron chi connectivity index (χ0n) is 13.4. The van der Waals surface area contributed by atoms with E-state index in [1.165, 1.54) is 11.8 Å². The summed E-state index contributed by atoms with van der Waals surface area (Å²) in [5.74, 6) is -4.40. The molecule has 0 saturated carbocycles. The topological polar surface area (TPSA) is 82.5 Å². The molecule has 2 atom stereocenters. The van der Waals surface area contributed by atoms with Crippen molar-refractivity contribution in [3.8, 4) is 0 Å². The zero-order chi connectivity index (χ0) is 18.6. The summed E-state index contributed by atoms with van der Waals surface area (Å²) in [6, 6.07) is 2.78. The number of alkyl halides is 3.